The topological polar surface area (TPSA) is 94.1 Å². The van der Waals surface area contributed by atoms with E-state index in [4.69, 9.17) is 8.94 Å². The molecule has 0 saturated heterocycles. The lowest BCUT2D eigenvalue weighted by atomic mass is 10.0. The van der Waals surface area contributed by atoms with Crippen LogP contribution in [0.25, 0.3) is 11.5 Å². The molecule has 3 aromatic rings. The highest BCUT2D eigenvalue weighted by atomic mass is 19.3. The second kappa shape index (κ2) is 6.32. The number of amides is 1. The highest BCUT2D eigenvalue weighted by molar-refractivity contribution is 5.91. The molecule has 0 saturated carbocycles. The molecule has 1 atom stereocenters. The molecule has 1 aliphatic rings. The number of alkyl halides is 2. The third kappa shape index (κ3) is 2.96. The molecule has 1 aromatic carbocycles. The van der Waals surface area contributed by atoms with Crippen LogP contribution in [-0.4, -0.2) is 21.0 Å². The lowest BCUT2D eigenvalue weighted by Gasteiger charge is -2.13. The van der Waals surface area contributed by atoms with Crippen LogP contribution in [0.3, 0.4) is 0 Å². The fourth-order valence-corrected chi connectivity index (χ4v) is 3.04. The summed E-state index contributed by atoms with van der Waals surface area (Å²) >= 11 is 0. The van der Waals surface area contributed by atoms with Crippen molar-refractivity contribution in [2.45, 2.75) is 32.2 Å². The number of hydrogen-bond acceptors (Lipinski definition) is 6. The number of carbonyl (C=O) groups excluding carboxylic acids is 1. The highest BCUT2D eigenvalue weighted by Gasteiger charge is 2.26. The molecule has 0 bridgehead atoms. The Labute approximate surface area is 146 Å². The number of fused-ring (bicyclic) bond motifs is 1. The molecule has 134 valence electrons. The Kier molecular flexibility index (Phi) is 3.98. The fraction of sp³-hybridized carbons (Fsp3) is 0.294. The van der Waals surface area contributed by atoms with Gasteiger partial charge in [0, 0.05) is 12.5 Å². The average molecular weight is 360 g/mol. The normalized spacial score (nSPS) is 16.1. The molecule has 4 rings (SSSR count). The average Bonchev–Trinajstić information content (AvgIpc) is 3.34. The van der Waals surface area contributed by atoms with Gasteiger partial charge in [-0.3, -0.25) is 4.79 Å². The molecular formula is C17H14F2N4O3. The van der Waals surface area contributed by atoms with Gasteiger partial charge in [0.15, 0.2) is 5.89 Å². The van der Waals surface area contributed by atoms with Crippen molar-refractivity contribution < 1.29 is 22.5 Å². The van der Waals surface area contributed by atoms with Crippen molar-refractivity contribution in [3.8, 4) is 11.5 Å². The van der Waals surface area contributed by atoms with Gasteiger partial charge in [-0.15, -0.1) is 0 Å². The van der Waals surface area contributed by atoms with E-state index >= 15 is 0 Å². The minimum absolute atomic E-state index is 0.0488. The molecule has 1 aliphatic carbocycles. The van der Waals surface area contributed by atoms with E-state index in [0.29, 0.717) is 11.5 Å². The lowest BCUT2D eigenvalue weighted by Crippen LogP contribution is -2.26. The van der Waals surface area contributed by atoms with Crippen LogP contribution in [0.2, 0.25) is 0 Å². The summed E-state index contributed by atoms with van der Waals surface area (Å²) in [5.74, 6) is -0.320. The van der Waals surface area contributed by atoms with Crippen LogP contribution >= 0.6 is 0 Å². The van der Waals surface area contributed by atoms with E-state index in [1.165, 1.54) is 6.20 Å². The van der Waals surface area contributed by atoms with Gasteiger partial charge in [0.25, 0.3) is 11.8 Å². The van der Waals surface area contributed by atoms with Gasteiger partial charge in [-0.1, -0.05) is 11.2 Å². The van der Waals surface area contributed by atoms with Crippen molar-refractivity contribution in [2.75, 3.05) is 0 Å². The molecule has 2 heterocycles. The highest BCUT2D eigenvalue weighted by Crippen LogP contribution is 2.34. The predicted molar refractivity (Wildman–Crippen MR) is 84.5 cm³/mol. The van der Waals surface area contributed by atoms with Crippen LogP contribution in [0.1, 0.15) is 52.3 Å². The summed E-state index contributed by atoms with van der Waals surface area (Å²) in [7, 11) is 0. The first-order valence-corrected chi connectivity index (χ1v) is 7.99. The van der Waals surface area contributed by atoms with Crippen molar-refractivity contribution in [3.63, 3.8) is 0 Å². The Balaban J connectivity index is 1.53. The van der Waals surface area contributed by atoms with Crippen molar-refractivity contribution in [2.24, 2.45) is 0 Å². The van der Waals surface area contributed by atoms with Crippen molar-refractivity contribution in [3.05, 3.63) is 53.0 Å². The van der Waals surface area contributed by atoms with Gasteiger partial charge in [-0.2, -0.15) is 4.98 Å². The molecule has 0 radical (unpaired) electrons. The van der Waals surface area contributed by atoms with Crippen LogP contribution < -0.4 is 5.32 Å². The maximum Gasteiger partial charge on any atom is 0.300 e. The Bertz CT molecular complexity index is 967. The number of aromatic nitrogens is 3. The van der Waals surface area contributed by atoms with E-state index in [1.807, 2.05) is 12.1 Å². The monoisotopic (exact) mass is 360 g/mol. The lowest BCUT2D eigenvalue weighted by molar-refractivity contribution is 0.0907. The fourth-order valence-electron chi connectivity index (χ4n) is 3.04. The van der Waals surface area contributed by atoms with Gasteiger partial charge in [-0.25, -0.2) is 13.8 Å². The first-order valence-electron chi connectivity index (χ1n) is 7.99. The van der Waals surface area contributed by atoms with Gasteiger partial charge >= 0.3 is 6.43 Å². The summed E-state index contributed by atoms with van der Waals surface area (Å²) in [6.45, 7) is 1.67. The Hall–Kier alpha value is -3.10. The molecule has 0 aliphatic heterocycles. The number of oxazole rings is 1. The predicted octanol–water partition coefficient (Wildman–Crippen LogP) is 3.39. The van der Waals surface area contributed by atoms with Crippen LogP contribution in [-0.2, 0) is 6.42 Å². The Morgan fingerprint density at radius 2 is 2.23 bits per heavy atom. The standard InChI is InChI=1S/C17H14F2N4O3/c1-8-20-7-13(25-8)16(24)21-12-5-3-9-6-10(2-4-11(9)12)17-22-15(14(18)19)23-26-17/h2,4,6-7,12,14H,3,5H2,1H3,(H,21,24). The first kappa shape index (κ1) is 16.4. The number of halogens is 2. The zero-order valence-corrected chi connectivity index (χ0v) is 13.7. The minimum atomic E-state index is -2.78. The van der Waals surface area contributed by atoms with Gasteiger partial charge in [0.05, 0.1) is 12.2 Å². The number of benzene rings is 1. The summed E-state index contributed by atoms with van der Waals surface area (Å²) in [4.78, 5) is 19.8. The summed E-state index contributed by atoms with van der Waals surface area (Å²) in [6, 6.07) is 5.21. The van der Waals surface area contributed by atoms with E-state index in [1.54, 1.807) is 13.0 Å². The number of hydrogen-bond donors (Lipinski definition) is 1. The smallest absolute Gasteiger partial charge is 0.300 e. The van der Waals surface area contributed by atoms with Gasteiger partial charge in [0.2, 0.25) is 11.6 Å². The quantitative estimate of drug-likeness (QED) is 0.766. The Morgan fingerprint density at radius 3 is 2.92 bits per heavy atom. The number of rotatable bonds is 4. The molecular weight excluding hydrogens is 346 g/mol. The van der Waals surface area contributed by atoms with Crippen LogP contribution in [0.4, 0.5) is 8.78 Å². The summed E-state index contributed by atoms with van der Waals surface area (Å²) in [6.07, 6.45) is 0.0735. The third-order valence-electron chi connectivity index (χ3n) is 4.25. The summed E-state index contributed by atoms with van der Waals surface area (Å²) < 4.78 is 35.3. The molecule has 2 aromatic heterocycles. The molecule has 9 heteroatoms. The molecule has 7 nitrogen and oxygen atoms in total. The van der Waals surface area contributed by atoms with Gasteiger partial charge < -0.3 is 14.3 Å². The van der Waals surface area contributed by atoms with E-state index < -0.39 is 12.2 Å². The zero-order chi connectivity index (χ0) is 18.3. The largest absolute Gasteiger partial charge is 0.436 e. The Morgan fingerprint density at radius 1 is 1.38 bits per heavy atom. The number of nitrogens with one attached hydrogen (secondary N) is 1. The van der Waals surface area contributed by atoms with Crippen molar-refractivity contribution in [1.82, 2.24) is 20.4 Å². The molecule has 0 fully saturated rings. The minimum Gasteiger partial charge on any atom is -0.436 e. The number of aryl methyl sites for hydroxylation is 2. The number of nitrogens with zero attached hydrogens (tertiary/aromatic N) is 3. The maximum absolute atomic E-state index is 12.6. The number of carbonyl (C=O) groups is 1. The summed E-state index contributed by atoms with van der Waals surface area (Å²) in [5.41, 5.74) is 2.53. The van der Waals surface area contributed by atoms with E-state index in [2.05, 4.69) is 20.4 Å². The SMILES string of the molecule is Cc1ncc(C(=O)NC2CCc3cc(-c4nc(C(F)F)no4)ccc32)o1. The molecule has 1 unspecified atom stereocenters. The van der Waals surface area contributed by atoms with E-state index in [9.17, 15) is 13.6 Å². The van der Waals surface area contributed by atoms with E-state index in [0.717, 1.165) is 24.0 Å². The third-order valence-corrected chi connectivity index (χ3v) is 4.25. The van der Waals surface area contributed by atoms with Gasteiger partial charge in [0.1, 0.15) is 0 Å². The maximum atomic E-state index is 12.6. The molecule has 0 spiro atoms. The van der Waals surface area contributed by atoms with Crippen LogP contribution in [0.15, 0.2) is 33.3 Å². The zero-order valence-electron chi connectivity index (χ0n) is 13.7. The molecule has 26 heavy (non-hydrogen) atoms. The van der Waals surface area contributed by atoms with Crippen molar-refractivity contribution >= 4 is 5.91 Å². The first-order chi connectivity index (χ1) is 12.5. The molecule has 1 N–H and O–H groups in total. The van der Waals surface area contributed by atoms with Gasteiger partial charge in [-0.05, 0) is 36.1 Å². The van der Waals surface area contributed by atoms with E-state index in [-0.39, 0.29) is 23.6 Å². The van der Waals surface area contributed by atoms with Crippen LogP contribution in [0, 0.1) is 6.92 Å². The second-order valence-electron chi connectivity index (χ2n) is 5.98. The van der Waals surface area contributed by atoms with Crippen molar-refractivity contribution in [1.29, 1.82) is 0 Å². The van der Waals surface area contributed by atoms with Crippen LogP contribution in [0.5, 0.6) is 0 Å². The second-order valence-corrected chi connectivity index (χ2v) is 5.98. The summed E-state index contributed by atoms with van der Waals surface area (Å²) in [5, 5.41) is 6.19. The molecule has 1 amide bonds.